The molecule has 0 aliphatic carbocycles. The lowest BCUT2D eigenvalue weighted by atomic mass is 10.2. The first kappa shape index (κ1) is 14.8. The molecular weight excluding hydrogens is 276 g/mol. The van der Waals surface area contributed by atoms with Gasteiger partial charge in [-0.05, 0) is 19.9 Å². The van der Waals surface area contributed by atoms with Gasteiger partial charge in [0.2, 0.25) is 0 Å². The molecule has 7 heteroatoms. The van der Waals surface area contributed by atoms with E-state index >= 15 is 0 Å². The van der Waals surface area contributed by atoms with E-state index in [9.17, 15) is 14.8 Å². The number of hydrogen-bond acceptors (Lipinski definition) is 5. The van der Waals surface area contributed by atoms with Crippen LogP contribution >= 0.6 is 0 Å². The van der Waals surface area contributed by atoms with Crippen LogP contribution in [-0.4, -0.2) is 29.8 Å². The Hall–Kier alpha value is -2.57. The quantitative estimate of drug-likeness (QED) is 0.466. The molecule has 0 atom stereocenters. The first-order chi connectivity index (χ1) is 10.1. The summed E-state index contributed by atoms with van der Waals surface area (Å²) in [4.78, 5) is 24.2. The van der Waals surface area contributed by atoms with Crippen molar-refractivity contribution in [1.82, 2.24) is 4.68 Å². The summed E-state index contributed by atoms with van der Waals surface area (Å²) in [5.74, 6) is -1.24. The summed E-state index contributed by atoms with van der Waals surface area (Å²) in [6.07, 6.45) is 0. The van der Waals surface area contributed by atoms with E-state index in [4.69, 9.17) is 9.47 Å². The van der Waals surface area contributed by atoms with E-state index in [0.29, 0.717) is 15.7 Å². The summed E-state index contributed by atoms with van der Waals surface area (Å²) >= 11 is 0. The van der Waals surface area contributed by atoms with Crippen molar-refractivity contribution in [2.75, 3.05) is 13.2 Å². The maximum Gasteiger partial charge on any atom is 0.361 e. The average molecular weight is 292 g/mol. The van der Waals surface area contributed by atoms with Gasteiger partial charge in [-0.3, -0.25) is 0 Å². The SMILES string of the molecule is CCOC(=O)Cn1c(C(=O)OCC)c2ccccc2[n+]1[O-]. The lowest BCUT2D eigenvalue weighted by molar-refractivity contribution is -0.669. The smallest absolute Gasteiger partial charge is 0.361 e. The Morgan fingerprint density at radius 3 is 2.52 bits per heavy atom. The van der Waals surface area contributed by atoms with E-state index in [-0.39, 0.29) is 25.5 Å². The third kappa shape index (κ3) is 2.81. The van der Waals surface area contributed by atoms with Crippen LogP contribution in [0.25, 0.3) is 10.9 Å². The van der Waals surface area contributed by atoms with Crippen LogP contribution in [0.4, 0.5) is 0 Å². The van der Waals surface area contributed by atoms with Crippen molar-refractivity contribution in [3.8, 4) is 0 Å². The number of esters is 2. The molecule has 0 radical (unpaired) electrons. The van der Waals surface area contributed by atoms with Crippen LogP contribution in [0.2, 0.25) is 0 Å². The van der Waals surface area contributed by atoms with Crippen molar-refractivity contribution in [2.24, 2.45) is 0 Å². The fraction of sp³-hybridized carbons (Fsp3) is 0.357. The van der Waals surface area contributed by atoms with E-state index in [1.165, 1.54) is 0 Å². The predicted octanol–water partition coefficient (Wildman–Crippen LogP) is 1.01. The fourth-order valence-corrected chi connectivity index (χ4v) is 2.09. The van der Waals surface area contributed by atoms with Crippen molar-refractivity contribution in [3.63, 3.8) is 0 Å². The second-order valence-electron chi connectivity index (χ2n) is 4.22. The lowest BCUT2D eigenvalue weighted by Crippen LogP contribution is -2.41. The summed E-state index contributed by atoms with van der Waals surface area (Å²) in [7, 11) is 0. The molecule has 0 bridgehead atoms. The third-order valence-corrected chi connectivity index (χ3v) is 2.90. The highest BCUT2D eigenvalue weighted by molar-refractivity contribution is 6.01. The Balaban J connectivity index is 2.55. The number of fused-ring (bicyclic) bond motifs is 1. The Labute approximate surface area is 121 Å². The maximum absolute atomic E-state index is 12.3. The Kier molecular flexibility index (Phi) is 4.42. The molecule has 1 heterocycles. The Bertz CT molecular complexity index is 677. The summed E-state index contributed by atoms with van der Waals surface area (Å²) in [6.45, 7) is 3.37. The van der Waals surface area contributed by atoms with Crippen LogP contribution in [0.5, 0.6) is 0 Å². The number of para-hydroxylation sites is 1. The van der Waals surface area contributed by atoms with E-state index in [0.717, 1.165) is 4.68 Å². The molecular formula is C14H16N2O5. The van der Waals surface area contributed by atoms with Crippen LogP contribution in [-0.2, 0) is 20.8 Å². The fourth-order valence-electron chi connectivity index (χ4n) is 2.09. The minimum atomic E-state index is -0.646. The molecule has 0 saturated carbocycles. The predicted molar refractivity (Wildman–Crippen MR) is 73.5 cm³/mol. The normalized spacial score (nSPS) is 10.6. The number of aromatic nitrogens is 2. The molecule has 0 saturated heterocycles. The van der Waals surface area contributed by atoms with Crippen molar-refractivity contribution in [3.05, 3.63) is 35.2 Å². The van der Waals surface area contributed by atoms with Crippen LogP contribution in [0.1, 0.15) is 24.3 Å². The summed E-state index contributed by atoms with van der Waals surface area (Å²) in [6, 6.07) is 6.60. The zero-order valence-corrected chi connectivity index (χ0v) is 11.9. The molecule has 0 N–H and O–H groups in total. The van der Waals surface area contributed by atoms with Crippen LogP contribution < -0.4 is 4.85 Å². The van der Waals surface area contributed by atoms with Gasteiger partial charge in [-0.1, -0.05) is 17.0 Å². The topological polar surface area (TPSA) is 84.5 Å². The van der Waals surface area contributed by atoms with Crippen molar-refractivity contribution in [1.29, 1.82) is 0 Å². The molecule has 0 amide bonds. The number of carbonyl (C=O) groups excluding carboxylic acids is 2. The Morgan fingerprint density at radius 2 is 1.86 bits per heavy atom. The number of hydrogen-bond donors (Lipinski definition) is 0. The van der Waals surface area contributed by atoms with Gasteiger partial charge < -0.3 is 14.7 Å². The van der Waals surface area contributed by atoms with Gasteiger partial charge in [0.25, 0.3) is 5.52 Å². The van der Waals surface area contributed by atoms with Crippen LogP contribution in [0.3, 0.4) is 0 Å². The zero-order valence-electron chi connectivity index (χ0n) is 11.9. The molecule has 0 unspecified atom stereocenters. The number of benzene rings is 1. The van der Waals surface area contributed by atoms with Gasteiger partial charge in [-0.25, -0.2) is 9.59 Å². The average Bonchev–Trinajstić information content (AvgIpc) is 2.73. The first-order valence-corrected chi connectivity index (χ1v) is 6.63. The largest absolute Gasteiger partial charge is 0.595 e. The van der Waals surface area contributed by atoms with Crippen molar-refractivity contribution in [2.45, 2.75) is 20.4 Å². The molecule has 0 spiro atoms. The summed E-state index contributed by atoms with van der Waals surface area (Å²) < 4.78 is 10.8. The van der Waals surface area contributed by atoms with Crippen LogP contribution in [0.15, 0.2) is 24.3 Å². The summed E-state index contributed by atoms with van der Waals surface area (Å²) in [5.41, 5.74) is 0.348. The van der Waals surface area contributed by atoms with Crippen LogP contribution in [0, 0.1) is 5.21 Å². The van der Waals surface area contributed by atoms with Gasteiger partial charge >= 0.3 is 11.9 Å². The molecule has 2 aromatic rings. The molecule has 2 rings (SSSR count). The highest BCUT2D eigenvalue weighted by Gasteiger charge is 2.28. The highest BCUT2D eigenvalue weighted by Crippen LogP contribution is 2.18. The number of carbonyl (C=O) groups is 2. The number of ether oxygens (including phenoxy) is 2. The van der Waals surface area contributed by atoms with Gasteiger partial charge in [0, 0.05) is 6.07 Å². The molecule has 21 heavy (non-hydrogen) atoms. The van der Waals surface area contributed by atoms with E-state index in [1.807, 2.05) is 0 Å². The minimum Gasteiger partial charge on any atom is -0.595 e. The lowest BCUT2D eigenvalue weighted by Gasteiger charge is -2.06. The summed E-state index contributed by atoms with van der Waals surface area (Å²) in [5, 5.41) is 12.7. The molecule has 1 aromatic carbocycles. The number of rotatable bonds is 5. The molecule has 0 aliphatic heterocycles. The molecule has 0 aliphatic rings. The second kappa shape index (κ2) is 6.25. The first-order valence-electron chi connectivity index (χ1n) is 6.63. The second-order valence-corrected chi connectivity index (χ2v) is 4.22. The van der Waals surface area contributed by atoms with E-state index < -0.39 is 11.9 Å². The zero-order chi connectivity index (χ0) is 15.4. The van der Waals surface area contributed by atoms with Crippen molar-refractivity contribution < 1.29 is 23.9 Å². The van der Waals surface area contributed by atoms with E-state index in [2.05, 4.69) is 0 Å². The third-order valence-electron chi connectivity index (χ3n) is 2.90. The van der Waals surface area contributed by atoms with Gasteiger partial charge in [-0.2, -0.15) is 0 Å². The molecule has 7 nitrogen and oxygen atoms in total. The highest BCUT2D eigenvalue weighted by atomic mass is 16.5. The van der Waals surface area contributed by atoms with E-state index in [1.54, 1.807) is 38.1 Å². The molecule has 1 aromatic heterocycles. The minimum absolute atomic E-state index is 0.0514. The van der Waals surface area contributed by atoms with Gasteiger partial charge in [0.1, 0.15) is 0 Å². The van der Waals surface area contributed by atoms with Crippen molar-refractivity contribution >= 4 is 22.8 Å². The number of nitrogens with zero attached hydrogens (tertiary/aromatic N) is 2. The monoisotopic (exact) mass is 292 g/mol. The van der Waals surface area contributed by atoms with Gasteiger partial charge in [0.15, 0.2) is 12.2 Å². The standard InChI is InChI=1S/C14H16N2O5/c1-3-20-12(17)9-15-13(14(18)21-4-2)10-7-5-6-8-11(10)16(15)19/h5-8H,3-4,9H2,1-2H3. The molecule has 0 fully saturated rings. The Morgan fingerprint density at radius 1 is 1.19 bits per heavy atom. The van der Waals surface area contributed by atoms with Gasteiger partial charge in [-0.15, -0.1) is 4.68 Å². The van der Waals surface area contributed by atoms with Gasteiger partial charge in [0.05, 0.1) is 18.6 Å². The molecule has 112 valence electrons. The maximum atomic E-state index is 12.3.